The van der Waals surface area contributed by atoms with Crippen molar-refractivity contribution >= 4 is 17.7 Å². The number of rotatable bonds is 4. The molecule has 0 saturated carbocycles. The normalized spacial score (nSPS) is 16.5. The minimum Gasteiger partial charge on any atom is -0.378 e. The Morgan fingerprint density at radius 1 is 1.19 bits per heavy atom. The van der Waals surface area contributed by atoms with Crippen LogP contribution in [0.1, 0.15) is 16.6 Å². The molecule has 0 radical (unpaired) electrons. The molecular formula is C16H17F3N4O2S. The fraction of sp³-hybridized carbons (Fsp3) is 0.438. The quantitative estimate of drug-likeness (QED) is 0.756. The first kappa shape index (κ1) is 18.7. The minimum absolute atomic E-state index is 0.0350. The summed E-state index contributed by atoms with van der Waals surface area (Å²) in [5, 5.41) is 6.19. The number of nitrogens with zero attached hydrogens (tertiary/aromatic N) is 4. The summed E-state index contributed by atoms with van der Waals surface area (Å²) in [6.45, 7) is 1.80. The molecule has 1 aliphatic rings. The second-order valence-corrected chi connectivity index (χ2v) is 6.78. The first-order valence-electron chi connectivity index (χ1n) is 7.92. The first-order chi connectivity index (χ1) is 12.4. The summed E-state index contributed by atoms with van der Waals surface area (Å²) in [5.41, 5.74) is 0.700. The number of ether oxygens (including phenoxy) is 1. The Morgan fingerprint density at radius 2 is 1.85 bits per heavy atom. The number of hydrogen-bond acceptors (Lipinski definition) is 5. The Bertz CT molecular complexity index is 761. The van der Waals surface area contributed by atoms with Gasteiger partial charge in [0.2, 0.25) is 11.7 Å². The molecule has 140 valence electrons. The van der Waals surface area contributed by atoms with E-state index in [2.05, 4.69) is 10.2 Å². The molecule has 26 heavy (non-hydrogen) atoms. The predicted molar refractivity (Wildman–Crippen MR) is 88.4 cm³/mol. The van der Waals surface area contributed by atoms with Crippen molar-refractivity contribution in [1.29, 1.82) is 0 Å². The van der Waals surface area contributed by atoms with E-state index in [9.17, 15) is 18.0 Å². The highest BCUT2D eigenvalue weighted by atomic mass is 32.2. The van der Waals surface area contributed by atoms with E-state index in [-0.39, 0.29) is 11.1 Å². The van der Waals surface area contributed by atoms with Crippen LogP contribution in [0.5, 0.6) is 0 Å². The van der Waals surface area contributed by atoms with Crippen molar-refractivity contribution in [1.82, 2.24) is 19.7 Å². The molecule has 0 bridgehead atoms. The van der Waals surface area contributed by atoms with Crippen molar-refractivity contribution in [2.24, 2.45) is 7.05 Å². The van der Waals surface area contributed by atoms with Crippen LogP contribution in [0.4, 0.5) is 13.2 Å². The summed E-state index contributed by atoms with van der Waals surface area (Å²) in [5.74, 6) is -1.27. The van der Waals surface area contributed by atoms with Crippen LogP contribution >= 0.6 is 11.8 Å². The van der Waals surface area contributed by atoms with Gasteiger partial charge in [0.25, 0.3) is 0 Å². The van der Waals surface area contributed by atoms with Crippen LogP contribution in [0.25, 0.3) is 0 Å². The number of halogens is 3. The summed E-state index contributed by atoms with van der Waals surface area (Å²) >= 11 is 0.964. The highest BCUT2D eigenvalue weighted by Gasteiger charge is 2.38. The average Bonchev–Trinajstić information content (AvgIpc) is 3.01. The van der Waals surface area contributed by atoms with Crippen molar-refractivity contribution in [2.45, 2.75) is 16.6 Å². The number of aromatic nitrogens is 3. The van der Waals surface area contributed by atoms with Gasteiger partial charge < -0.3 is 14.2 Å². The summed E-state index contributed by atoms with van der Waals surface area (Å²) in [6, 6.07) is 8.93. The molecule has 0 aliphatic carbocycles. The molecule has 1 amide bonds. The van der Waals surface area contributed by atoms with Gasteiger partial charge in [0.1, 0.15) is 5.25 Å². The van der Waals surface area contributed by atoms with E-state index in [0.717, 1.165) is 16.3 Å². The van der Waals surface area contributed by atoms with Crippen molar-refractivity contribution < 1.29 is 22.7 Å². The standard InChI is InChI=1S/C16H17F3N4O2S/c1-22-14(16(17,18)19)20-21-15(22)26-12(11-5-3-2-4-6-11)13(24)23-7-9-25-10-8-23/h2-6,12H,7-10H2,1H3/t12-/m0/s1. The fourth-order valence-corrected chi connectivity index (χ4v) is 3.69. The number of benzene rings is 1. The summed E-state index contributed by atoms with van der Waals surface area (Å²) in [4.78, 5) is 14.6. The Morgan fingerprint density at radius 3 is 2.42 bits per heavy atom. The van der Waals surface area contributed by atoms with Crippen LogP contribution < -0.4 is 0 Å². The molecule has 0 N–H and O–H groups in total. The third kappa shape index (κ3) is 4.01. The largest absolute Gasteiger partial charge is 0.451 e. The number of amides is 1. The van der Waals surface area contributed by atoms with E-state index >= 15 is 0 Å². The van der Waals surface area contributed by atoms with E-state index in [4.69, 9.17) is 4.74 Å². The molecule has 6 nitrogen and oxygen atoms in total. The summed E-state index contributed by atoms with van der Waals surface area (Å²) < 4.78 is 45.0. The lowest BCUT2D eigenvalue weighted by Gasteiger charge is -2.30. The van der Waals surface area contributed by atoms with Gasteiger partial charge in [-0.1, -0.05) is 42.1 Å². The van der Waals surface area contributed by atoms with Crippen LogP contribution in [0.2, 0.25) is 0 Å². The lowest BCUT2D eigenvalue weighted by Crippen LogP contribution is -2.42. The second-order valence-electron chi connectivity index (χ2n) is 5.71. The van der Waals surface area contributed by atoms with Crippen LogP contribution in [0.3, 0.4) is 0 Å². The smallest absolute Gasteiger partial charge is 0.378 e. The maximum absolute atomic E-state index is 13.0. The Balaban J connectivity index is 1.89. The lowest BCUT2D eigenvalue weighted by atomic mass is 10.1. The van der Waals surface area contributed by atoms with Gasteiger partial charge >= 0.3 is 6.18 Å². The van der Waals surface area contributed by atoms with Crippen LogP contribution in [0, 0.1) is 0 Å². The average molecular weight is 386 g/mol. The number of hydrogen-bond donors (Lipinski definition) is 0. The van der Waals surface area contributed by atoms with Gasteiger partial charge in [-0.15, -0.1) is 10.2 Å². The predicted octanol–water partition coefficient (Wildman–Crippen LogP) is 2.53. The van der Waals surface area contributed by atoms with Crippen LogP contribution in [0.15, 0.2) is 35.5 Å². The van der Waals surface area contributed by atoms with E-state index in [1.807, 2.05) is 6.07 Å². The van der Waals surface area contributed by atoms with Gasteiger partial charge in [-0.3, -0.25) is 4.79 Å². The maximum Gasteiger partial charge on any atom is 0.451 e. The zero-order valence-electron chi connectivity index (χ0n) is 13.9. The monoisotopic (exact) mass is 386 g/mol. The molecule has 1 saturated heterocycles. The highest BCUT2D eigenvalue weighted by Crippen LogP contribution is 2.38. The molecule has 1 fully saturated rings. The van der Waals surface area contributed by atoms with Gasteiger partial charge in [-0.2, -0.15) is 13.2 Å². The highest BCUT2D eigenvalue weighted by molar-refractivity contribution is 8.00. The zero-order chi connectivity index (χ0) is 18.7. The SMILES string of the molecule is Cn1c(S[C@H](C(=O)N2CCOCC2)c2ccccc2)nnc1C(F)(F)F. The van der Waals surface area contributed by atoms with Gasteiger partial charge in [-0.05, 0) is 5.56 Å². The van der Waals surface area contributed by atoms with Crippen LogP contribution in [-0.4, -0.2) is 51.9 Å². The third-order valence-electron chi connectivity index (χ3n) is 3.96. The molecule has 2 aromatic rings. The van der Waals surface area contributed by atoms with E-state index < -0.39 is 17.3 Å². The van der Waals surface area contributed by atoms with Crippen molar-refractivity contribution in [3.63, 3.8) is 0 Å². The summed E-state index contributed by atoms with van der Waals surface area (Å²) in [6.07, 6.45) is -4.60. The van der Waals surface area contributed by atoms with Gasteiger partial charge in [-0.25, -0.2) is 0 Å². The van der Waals surface area contributed by atoms with Gasteiger partial charge in [0.05, 0.1) is 13.2 Å². The molecule has 3 rings (SSSR count). The van der Waals surface area contributed by atoms with Crippen molar-refractivity contribution in [3.8, 4) is 0 Å². The molecule has 1 aromatic heterocycles. The molecule has 1 atom stereocenters. The number of thioether (sulfide) groups is 1. The van der Waals surface area contributed by atoms with Crippen LogP contribution in [-0.2, 0) is 22.8 Å². The Kier molecular flexibility index (Phi) is 5.52. The Labute approximate surface area is 152 Å². The summed E-state index contributed by atoms with van der Waals surface area (Å²) in [7, 11) is 1.24. The minimum atomic E-state index is -4.60. The maximum atomic E-state index is 13.0. The second kappa shape index (κ2) is 7.67. The van der Waals surface area contributed by atoms with Gasteiger partial charge in [0, 0.05) is 20.1 Å². The number of carbonyl (C=O) groups is 1. The first-order valence-corrected chi connectivity index (χ1v) is 8.80. The van der Waals surface area contributed by atoms with Gasteiger partial charge in [0.15, 0.2) is 5.16 Å². The van der Waals surface area contributed by atoms with Crippen molar-refractivity contribution in [3.05, 3.63) is 41.7 Å². The van der Waals surface area contributed by atoms with Crippen molar-refractivity contribution in [2.75, 3.05) is 26.3 Å². The number of alkyl halides is 3. The molecular weight excluding hydrogens is 369 g/mol. The topological polar surface area (TPSA) is 60.2 Å². The van der Waals surface area contributed by atoms with E-state index in [1.54, 1.807) is 29.2 Å². The molecule has 0 spiro atoms. The Hall–Kier alpha value is -2.07. The fourth-order valence-electron chi connectivity index (χ4n) is 2.61. The number of carbonyl (C=O) groups excluding carboxylic acids is 1. The number of morpholine rings is 1. The molecule has 1 aliphatic heterocycles. The molecule has 0 unspecified atom stereocenters. The van der Waals surface area contributed by atoms with E-state index in [0.29, 0.717) is 31.9 Å². The van der Waals surface area contributed by atoms with E-state index in [1.165, 1.54) is 7.05 Å². The molecule has 10 heteroatoms. The molecule has 2 heterocycles. The lowest BCUT2D eigenvalue weighted by molar-refractivity contribution is -0.147. The zero-order valence-corrected chi connectivity index (χ0v) is 14.8. The third-order valence-corrected chi connectivity index (χ3v) is 5.24. The molecule has 1 aromatic carbocycles.